The molecule has 2 fully saturated rings. The van der Waals surface area contributed by atoms with Crippen molar-refractivity contribution < 1.29 is 9.53 Å². The topological polar surface area (TPSA) is 64.3 Å². The molecule has 0 aromatic heterocycles. The van der Waals surface area contributed by atoms with E-state index in [4.69, 9.17) is 10.5 Å². The standard InChI is InChI=1S/C13H24N2O2/c1-2-17-9-7-10-4-3-8-13(10,12(14)16)15-11-5-6-11/h10-11,15H,2-9H2,1H3,(H2,14,16). The van der Waals surface area contributed by atoms with Gasteiger partial charge in [-0.25, -0.2) is 0 Å². The molecule has 2 rings (SSSR count). The quantitative estimate of drug-likeness (QED) is 0.657. The maximum absolute atomic E-state index is 11.8. The van der Waals surface area contributed by atoms with E-state index in [1.807, 2.05) is 6.92 Å². The Morgan fingerprint density at radius 1 is 1.47 bits per heavy atom. The number of hydrogen-bond acceptors (Lipinski definition) is 3. The van der Waals surface area contributed by atoms with E-state index in [9.17, 15) is 4.79 Å². The highest BCUT2D eigenvalue weighted by Crippen LogP contribution is 2.40. The highest BCUT2D eigenvalue weighted by Gasteiger charge is 2.49. The summed E-state index contributed by atoms with van der Waals surface area (Å²) in [6, 6.07) is 0.523. The van der Waals surface area contributed by atoms with Crippen LogP contribution in [0.25, 0.3) is 0 Å². The zero-order valence-corrected chi connectivity index (χ0v) is 10.7. The summed E-state index contributed by atoms with van der Waals surface area (Å²) < 4.78 is 5.41. The van der Waals surface area contributed by atoms with E-state index in [0.29, 0.717) is 12.0 Å². The molecular formula is C13H24N2O2. The Morgan fingerprint density at radius 3 is 2.82 bits per heavy atom. The van der Waals surface area contributed by atoms with Crippen LogP contribution in [0.2, 0.25) is 0 Å². The first kappa shape index (κ1) is 12.8. The van der Waals surface area contributed by atoms with Gasteiger partial charge in [-0.15, -0.1) is 0 Å². The van der Waals surface area contributed by atoms with Crippen molar-refractivity contribution in [3.63, 3.8) is 0 Å². The lowest BCUT2D eigenvalue weighted by atomic mass is 9.84. The van der Waals surface area contributed by atoms with Gasteiger partial charge in [0.05, 0.1) is 0 Å². The molecule has 2 aliphatic rings. The average Bonchev–Trinajstić information content (AvgIpc) is 3.00. The van der Waals surface area contributed by atoms with Crippen LogP contribution in [0.5, 0.6) is 0 Å². The molecule has 0 saturated heterocycles. The maximum Gasteiger partial charge on any atom is 0.238 e. The third kappa shape index (κ3) is 2.80. The van der Waals surface area contributed by atoms with Crippen LogP contribution in [0.1, 0.15) is 45.4 Å². The Labute approximate surface area is 103 Å². The Kier molecular flexibility index (Phi) is 4.05. The molecular weight excluding hydrogens is 216 g/mol. The molecule has 17 heavy (non-hydrogen) atoms. The van der Waals surface area contributed by atoms with Gasteiger partial charge in [-0.05, 0) is 44.9 Å². The molecule has 0 aliphatic heterocycles. The zero-order chi connectivity index (χ0) is 12.3. The van der Waals surface area contributed by atoms with Crippen molar-refractivity contribution >= 4 is 5.91 Å². The molecule has 2 aliphatic carbocycles. The number of ether oxygens (including phenoxy) is 1. The van der Waals surface area contributed by atoms with Gasteiger partial charge in [0.25, 0.3) is 0 Å². The fourth-order valence-corrected chi connectivity index (χ4v) is 3.02. The van der Waals surface area contributed by atoms with Gasteiger partial charge in [-0.1, -0.05) is 6.42 Å². The summed E-state index contributed by atoms with van der Waals surface area (Å²) in [7, 11) is 0. The first-order valence-electron chi connectivity index (χ1n) is 6.84. The van der Waals surface area contributed by atoms with E-state index in [1.54, 1.807) is 0 Å². The number of rotatable bonds is 7. The lowest BCUT2D eigenvalue weighted by Crippen LogP contribution is -2.58. The minimum atomic E-state index is -0.446. The maximum atomic E-state index is 11.8. The molecule has 4 nitrogen and oxygen atoms in total. The predicted molar refractivity (Wildman–Crippen MR) is 66.5 cm³/mol. The first-order valence-corrected chi connectivity index (χ1v) is 6.84. The summed E-state index contributed by atoms with van der Waals surface area (Å²) in [5.74, 6) is 0.190. The smallest absolute Gasteiger partial charge is 0.238 e. The Bertz CT molecular complexity index is 279. The number of carbonyl (C=O) groups is 1. The van der Waals surface area contributed by atoms with Crippen LogP contribution in [0.15, 0.2) is 0 Å². The summed E-state index contributed by atoms with van der Waals surface area (Å²) in [5, 5.41) is 3.51. The number of primary amides is 1. The second kappa shape index (κ2) is 5.36. The van der Waals surface area contributed by atoms with Crippen molar-refractivity contribution in [2.24, 2.45) is 11.7 Å². The van der Waals surface area contributed by atoms with E-state index in [1.165, 1.54) is 12.8 Å². The van der Waals surface area contributed by atoms with Crippen molar-refractivity contribution in [2.45, 2.75) is 57.0 Å². The Balaban J connectivity index is 1.98. The van der Waals surface area contributed by atoms with Crippen LogP contribution in [-0.4, -0.2) is 30.7 Å². The van der Waals surface area contributed by atoms with Gasteiger partial charge in [-0.3, -0.25) is 4.79 Å². The monoisotopic (exact) mass is 240 g/mol. The minimum Gasteiger partial charge on any atom is -0.382 e. The van der Waals surface area contributed by atoms with Gasteiger partial charge in [0.2, 0.25) is 5.91 Å². The summed E-state index contributed by atoms with van der Waals surface area (Å²) >= 11 is 0. The van der Waals surface area contributed by atoms with Crippen molar-refractivity contribution in [3.05, 3.63) is 0 Å². The van der Waals surface area contributed by atoms with E-state index in [-0.39, 0.29) is 5.91 Å². The van der Waals surface area contributed by atoms with Gasteiger partial charge in [0.1, 0.15) is 5.54 Å². The average molecular weight is 240 g/mol. The lowest BCUT2D eigenvalue weighted by Gasteiger charge is -2.34. The fourth-order valence-electron chi connectivity index (χ4n) is 3.02. The van der Waals surface area contributed by atoms with Crippen LogP contribution < -0.4 is 11.1 Å². The highest BCUT2D eigenvalue weighted by molar-refractivity contribution is 5.85. The highest BCUT2D eigenvalue weighted by atomic mass is 16.5. The normalized spacial score (nSPS) is 32.9. The second-order valence-corrected chi connectivity index (χ2v) is 5.33. The van der Waals surface area contributed by atoms with Crippen LogP contribution in [-0.2, 0) is 9.53 Å². The van der Waals surface area contributed by atoms with Crippen LogP contribution in [0.4, 0.5) is 0 Å². The molecule has 2 unspecified atom stereocenters. The predicted octanol–water partition coefficient (Wildman–Crippen LogP) is 1.19. The van der Waals surface area contributed by atoms with Crippen molar-refractivity contribution in [2.75, 3.05) is 13.2 Å². The summed E-state index contributed by atoms with van der Waals surface area (Å²) in [4.78, 5) is 11.8. The number of nitrogens with one attached hydrogen (secondary N) is 1. The third-order valence-corrected chi connectivity index (χ3v) is 4.11. The van der Waals surface area contributed by atoms with Crippen molar-refractivity contribution in [1.29, 1.82) is 0 Å². The molecule has 1 amide bonds. The first-order chi connectivity index (χ1) is 8.19. The van der Waals surface area contributed by atoms with E-state index in [0.717, 1.165) is 38.9 Å². The van der Waals surface area contributed by atoms with Gasteiger partial charge >= 0.3 is 0 Å². The largest absolute Gasteiger partial charge is 0.382 e. The van der Waals surface area contributed by atoms with Crippen LogP contribution >= 0.6 is 0 Å². The lowest BCUT2D eigenvalue weighted by molar-refractivity contribution is -0.126. The molecule has 4 heteroatoms. The third-order valence-electron chi connectivity index (χ3n) is 4.11. The molecule has 0 aromatic carbocycles. The Morgan fingerprint density at radius 2 is 2.24 bits per heavy atom. The van der Waals surface area contributed by atoms with Crippen LogP contribution in [0, 0.1) is 5.92 Å². The van der Waals surface area contributed by atoms with Crippen molar-refractivity contribution in [3.8, 4) is 0 Å². The number of amides is 1. The molecule has 98 valence electrons. The van der Waals surface area contributed by atoms with Gasteiger partial charge in [0.15, 0.2) is 0 Å². The summed E-state index contributed by atoms with van der Waals surface area (Å²) in [6.07, 6.45) is 6.40. The van der Waals surface area contributed by atoms with Gasteiger partial charge in [0, 0.05) is 19.3 Å². The number of hydrogen-bond donors (Lipinski definition) is 2. The number of carbonyl (C=O) groups excluding carboxylic acids is 1. The van der Waals surface area contributed by atoms with Crippen molar-refractivity contribution in [1.82, 2.24) is 5.32 Å². The number of nitrogens with two attached hydrogens (primary N) is 1. The van der Waals surface area contributed by atoms with E-state index < -0.39 is 5.54 Å². The molecule has 0 bridgehead atoms. The summed E-state index contributed by atoms with van der Waals surface area (Å²) in [5.41, 5.74) is 5.22. The molecule has 0 radical (unpaired) electrons. The molecule has 0 heterocycles. The molecule has 0 aromatic rings. The zero-order valence-electron chi connectivity index (χ0n) is 10.7. The fraction of sp³-hybridized carbons (Fsp3) is 0.923. The molecule has 2 saturated carbocycles. The molecule has 2 atom stereocenters. The minimum absolute atomic E-state index is 0.164. The Hall–Kier alpha value is -0.610. The van der Waals surface area contributed by atoms with E-state index >= 15 is 0 Å². The molecule has 0 spiro atoms. The second-order valence-electron chi connectivity index (χ2n) is 5.33. The van der Waals surface area contributed by atoms with Gasteiger partial charge < -0.3 is 15.8 Å². The molecule has 3 N–H and O–H groups in total. The SMILES string of the molecule is CCOCCC1CCCC1(NC1CC1)C(N)=O. The van der Waals surface area contributed by atoms with Gasteiger partial charge in [-0.2, -0.15) is 0 Å². The van der Waals surface area contributed by atoms with E-state index in [2.05, 4.69) is 5.32 Å². The van der Waals surface area contributed by atoms with Crippen LogP contribution in [0.3, 0.4) is 0 Å². The summed E-state index contributed by atoms with van der Waals surface area (Å²) in [6.45, 7) is 3.48.